The van der Waals surface area contributed by atoms with Crippen LogP contribution < -0.4 is 0 Å². The fraction of sp³-hybridized carbons (Fsp3) is 0. The number of hydrogen-bond acceptors (Lipinski definition) is 4. The lowest BCUT2D eigenvalue weighted by Gasteiger charge is -1.96. The van der Waals surface area contributed by atoms with Crippen LogP contribution in [0.3, 0.4) is 0 Å². The largest absolute Gasteiger partial charge is 0.478 e. The van der Waals surface area contributed by atoms with Crippen LogP contribution in [-0.2, 0) is 4.79 Å². The molecule has 2 aromatic rings. The van der Waals surface area contributed by atoms with Crippen LogP contribution in [0.4, 0.5) is 4.39 Å². The number of halogens is 2. The van der Waals surface area contributed by atoms with E-state index in [2.05, 4.69) is 10.2 Å². The molecule has 0 radical (unpaired) electrons. The quantitative estimate of drug-likeness (QED) is 0.866. The molecule has 0 fully saturated rings. The summed E-state index contributed by atoms with van der Waals surface area (Å²) in [6.07, 6.45) is 2.03. The zero-order valence-electron chi connectivity index (χ0n) is 8.80. The molecule has 1 aromatic carbocycles. The van der Waals surface area contributed by atoms with E-state index in [4.69, 9.17) is 21.1 Å². The van der Waals surface area contributed by atoms with Crippen molar-refractivity contribution < 1.29 is 18.7 Å². The summed E-state index contributed by atoms with van der Waals surface area (Å²) in [5, 5.41) is 15.7. The van der Waals surface area contributed by atoms with E-state index in [1.165, 1.54) is 18.2 Å². The Bertz CT molecular complexity index is 625. The minimum absolute atomic E-state index is 0.0350. The number of aliphatic carboxylic acids is 1. The minimum Gasteiger partial charge on any atom is -0.478 e. The Morgan fingerprint density at radius 3 is 2.89 bits per heavy atom. The summed E-state index contributed by atoms with van der Waals surface area (Å²) in [5.74, 6) is -1.51. The third kappa shape index (κ3) is 2.72. The third-order valence-corrected chi connectivity index (χ3v) is 2.27. The SMILES string of the molecule is O=C(O)/C=C/c1nnc(-c2ccc(F)c(Cl)c2)o1. The van der Waals surface area contributed by atoms with Gasteiger partial charge in [0.2, 0.25) is 11.8 Å². The van der Waals surface area contributed by atoms with E-state index in [0.717, 1.165) is 12.2 Å². The number of nitrogens with zero attached hydrogens (tertiary/aromatic N) is 2. The van der Waals surface area contributed by atoms with Gasteiger partial charge in [0.05, 0.1) is 5.02 Å². The molecule has 0 amide bonds. The average molecular weight is 269 g/mol. The van der Waals surface area contributed by atoms with Gasteiger partial charge in [0.25, 0.3) is 0 Å². The topological polar surface area (TPSA) is 76.2 Å². The number of benzene rings is 1. The van der Waals surface area contributed by atoms with Gasteiger partial charge in [-0.1, -0.05) is 11.6 Å². The fourth-order valence-electron chi connectivity index (χ4n) is 1.19. The van der Waals surface area contributed by atoms with Crippen molar-refractivity contribution in [3.8, 4) is 11.5 Å². The first-order valence-corrected chi connectivity index (χ1v) is 5.14. The minimum atomic E-state index is -1.13. The van der Waals surface area contributed by atoms with Gasteiger partial charge in [0.1, 0.15) is 5.82 Å². The van der Waals surface area contributed by atoms with Crippen LogP contribution in [0.2, 0.25) is 5.02 Å². The molecule has 18 heavy (non-hydrogen) atoms. The number of hydrogen-bond donors (Lipinski definition) is 1. The highest BCUT2D eigenvalue weighted by molar-refractivity contribution is 6.31. The van der Waals surface area contributed by atoms with E-state index in [0.29, 0.717) is 5.56 Å². The van der Waals surface area contributed by atoms with Crippen LogP contribution in [-0.4, -0.2) is 21.3 Å². The second-order valence-electron chi connectivity index (χ2n) is 3.25. The van der Waals surface area contributed by atoms with Crippen LogP contribution in [0, 0.1) is 5.82 Å². The molecule has 2 rings (SSSR count). The molecule has 0 bridgehead atoms. The summed E-state index contributed by atoms with van der Waals surface area (Å²) in [5.41, 5.74) is 0.448. The molecular formula is C11H6ClFN2O3. The lowest BCUT2D eigenvalue weighted by molar-refractivity contribution is -0.131. The summed E-state index contributed by atoms with van der Waals surface area (Å²) in [6.45, 7) is 0. The molecule has 0 aliphatic rings. The van der Waals surface area contributed by atoms with E-state index >= 15 is 0 Å². The van der Waals surface area contributed by atoms with Crippen molar-refractivity contribution in [2.75, 3.05) is 0 Å². The summed E-state index contributed by atoms with van der Waals surface area (Å²) in [6, 6.07) is 3.95. The molecule has 1 aromatic heterocycles. The summed E-state index contributed by atoms with van der Waals surface area (Å²) < 4.78 is 18.1. The van der Waals surface area contributed by atoms with Gasteiger partial charge in [-0.15, -0.1) is 10.2 Å². The van der Waals surface area contributed by atoms with Gasteiger partial charge in [-0.3, -0.25) is 0 Å². The molecule has 0 aliphatic heterocycles. The maximum Gasteiger partial charge on any atom is 0.328 e. The lowest BCUT2D eigenvalue weighted by atomic mass is 10.2. The molecule has 1 N–H and O–H groups in total. The highest BCUT2D eigenvalue weighted by Crippen LogP contribution is 2.24. The standard InChI is InChI=1S/C11H6ClFN2O3/c12-7-5-6(1-2-8(7)13)11-15-14-9(18-11)3-4-10(16)17/h1-5H,(H,16,17)/b4-3+. The van der Waals surface area contributed by atoms with E-state index in [9.17, 15) is 9.18 Å². The highest BCUT2D eigenvalue weighted by atomic mass is 35.5. The molecule has 0 spiro atoms. The highest BCUT2D eigenvalue weighted by Gasteiger charge is 2.09. The maximum absolute atomic E-state index is 13.0. The van der Waals surface area contributed by atoms with Crippen molar-refractivity contribution in [2.45, 2.75) is 0 Å². The second-order valence-corrected chi connectivity index (χ2v) is 3.65. The van der Waals surface area contributed by atoms with Crippen LogP contribution in [0.25, 0.3) is 17.5 Å². The molecule has 92 valence electrons. The van der Waals surface area contributed by atoms with E-state index in [1.54, 1.807) is 0 Å². The normalized spacial score (nSPS) is 11.0. The molecule has 0 aliphatic carbocycles. The molecule has 0 unspecified atom stereocenters. The molecule has 7 heteroatoms. The van der Waals surface area contributed by atoms with Crippen molar-refractivity contribution in [3.05, 3.63) is 41.0 Å². The van der Waals surface area contributed by atoms with Crippen LogP contribution in [0.1, 0.15) is 5.89 Å². The van der Waals surface area contributed by atoms with Gasteiger partial charge in [0, 0.05) is 17.7 Å². The molecule has 5 nitrogen and oxygen atoms in total. The van der Waals surface area contributed by atoms with Crippen LogP contribution in [0.15, 0.2) is 28.7 Å². The zero-order chi connectivity index (χ0) is 13.1. The van der Waals surface area contributed by atoms with Crippen LogP contribution in [0.5, 0.6) is 0 Å². The van der Waals surface area contributed by atoms with E-state index < -0.39 is 11.8 Å². The molecular weight excluding hydrogens is 263 g/mol. The predicted molar refractivity (Wildman–Crippen MR) is 61.4 cm³/mol. The maximum atomic E-state index is 13.0. The Labute approximate surface area is 106 Å². The van der Waals surface area contributed by atoms with Gasteiger partial charge in [0.15, 0.2) is 0 Å². The van der Waals surface area contributed by atoms with Gasteiger partial charge < -0.3 is 9.52 Å². The summed E-state index contributed by atoms with van der Waals surface area (Å²) in [7, 11) is 0. The zero-order valence-corrected chi connectivity index (χ0v) is 9.56. The van der Waals surface area contributed by atoms with Gasteiger partial charge in [-0.25, -0.2) is 9.18 Å². The predicted octanol–water partition coefficient (Wildman–Crippen LogP) is 2.63. The number of aromatic nitrogens is 2. The van der Waals surface area contributed by atoms with Gasteiger partial charge in [-0.05, 0) is 18.2 Å². The Morgan fingerprint density at radius 1 is 1.44 bits per heavy atom. The van der Waals surface area contributed by atoms with Gasteiger partial charge in [-0.2, -0.15) is 0 Å². The molecule has 0 atom stereocenters. The summed E-state index contributed by atoms with van der Waals surface area (Å²) >= 11 is 5.62. The fourth-order valence-corrected chi connectivity index (χ4v) is 1.37. The smallest absolute Gasteiger partial charge is 0.328 e. The third-order valence-electron chi connectivity index (χ3n) is 1.98. The Hall–Kier alpha value is -2.21. The molecule has 0 saturated heterocycles. The van der Waals surface area contributed by atoms with Crippen molar-refractivity contribution in [1.29, 1.82) is 0 Å². The Morgan fingerprint density at radius 2 is 2.22 bits per heavy atom. The van der Waals surface area contributed by atoms with E-state index in [-0.39, 0.29) is 16.8 Å². The first-order valence-electron chi connectivity index (χ1n) is 4.76. The first kappa shape index (κ1) is 12.3. The Kier molecular flexibility index (Phi) is 3.38. The Balaban J connectivity index is 2.29. The second kappa shape index (κ2) is 4.97. The monoisotopic (exact) mass is 268 g/mol. The van der Waals surface area contributed by atoms with Crippen molar-refractivity contribution in [1.82, 2.24) is 10.2 Å². The van der Waals surface area contributed by atoms with Crippen molar-refractivity contribution in [3.63, 3.8) is 0 Å². The number of carboxylic acids is 1. The number of carbonyl (C=O) groups is 1. The summed E-state index contributed by atoms with van der Waals surface area (Å²) in [4.78, 5) is 10.3. The average Bonchev–Trinajstić information content (AvgIpc) is 2.79. The molecule has 0 saturated carbocycles. The van der Waals surface area contributed by atoms with Crippen LogP contribution >= 0.6 is 11.6 Å². The van der Waals surface area contributed by atoms with Gasteiger partial charge >= 0.3 is 5.97 Å². The number of rotatable bonds is 3. The number of carboxylic acid groups (broad SMARTS) is 1. The van der Waals surface area contributed by atoms with E-state index in [1.807, 2.05) is 0 Å². The van der Waals surface area contributed by atoms with Crippen molar-refractivity contribution >= 4 is 23.6 Å². The molecule has 1 heterocycles. The lowest BCUT2D eigenvalue weighted by Crippen LogP contribution is -1.85. The van der Waals surface area contributed by atoms with Crippen molar-refractivity contribution in [2.24, 2.45) is 0 Å². The first-order chi connectivity index (χ1) is 8.56.